The molecule has 0 aromatic carbocycles. The molecule has 3 heteroatoms. The Balaban J connectivity index is 0. The summed E-state index contributed by atoms with van der Waals surface area (Å²) in [6, 6.07) is 0.691. The second-order valence-corrected chi connectivity index (χ2v) is 3.19. The fourth-order valence-electron chi connectivity index (χ4n) is 1.46. The first kappa shape index (κ1) is 13.5. The van der Waals surface area contributed by atoms with Gasteiger partial charge in [0.25, 0.3) is 0 Å². The van der Waals surface area contributed by atoms with Crippen molar-refractivity contribution in [1.82, 2.24) is 10.2 Å². The zero-order chi connectivity index (χ0) is 7.40. The average Bonchev–Trinajstić information content (AvgIpc) is 1.88. The van der Waals surface area contributed by atoms with Crippen molar-refractivity contribution in [2.45, 2.75) is 25.3 Å². The van der Waals surface area contributed by atoms with Crippen molar-refractivity contribution in [2.24, 2.45) is 0 Å². The van der Waals surface area contributed by atoms with Gasteiger partial charge in [-0.15, -0.1) is 0 Å². The first-order chi connectivity index (χ1) is 4.79. The van der Waals surface area contributed by atoms with Gasteiger partial charge >= 0.3 is 0 Å². The molecule has 0 amide bonds. The van der Waals surface area contributed by atoms with Crippen LogP contribution in [0.5, 0.6) is 0 Å². The number of nitrogens with one attached hydrogen (secondary N) is 1. The summed E-state index contributed by atoms with van der Waals surface area (Å²) in [6.45, 7) is 2.28. The minimum absolute atomic E-state index is 0. The predicted octanol–water partition coefficient (Wildman–Crippen LogP) is 1.30. The van der Waals surface area contributed by atoms with E-state index in [1.807, 2.05) is 11.9 Å². The Labute approximate surface area is 71.0 Å². The summed E-state index contributed by atoms with van der Waals surface area (Å²) in [7, 11) is 5.85. The van der Waals surface area contributed by atoms with Gasteiger partial charge in [0.05, 0.1) is 0 Å². The number of rotatable bonds is 2. The summed E-state index contributed by atoms with van der Waals surface area (Å²) in [4.78, 5) is 2.00. The van der Waals surface area contributed by atoms with Gasteiger partial charge in [-0.25, -0.2) is 0 Å². The van der Waals surface area contributed by atoms with Crippen molar-refractivity contribution >= 4 is 0 Å². The molecule has 0 aliphatic carbocycles. The summed E-state index contributed by atoms with van der Waals surface area (Å²) < 4.78 is 0. The van der Waals surface area contributed by atoms with Gasteiger partial charge in [0, 0.05) is 6.04 Å². The molecule has 2 nitrogen and oxygen atoms in total. The molecule has 83 valence electrons. The van der Waals surface area contributed by atoms with Gasteiger partial charge in [0.2, 0.25) is 0 Å². The van der Waals surface area contributed by atoms with E-state index in [2.05, 4.69) is 12.4 Å². The van der Waals surface area contributed by atoms with Crippen LogP contribution >= 0.6 is 0 Å². The largest absolute Gasteiger partial charge is 0.461 e. The summed E-state index contributed by atoms with van der Waals surface area (Å²) in [5.74, 6) is 0. The van der Waals surface area contributed by atoms with Crippen LogP contribution < -0.4 is 5.32 Å². The van der Waals surface area contributed by atoms with Crippen molar-refractivity contribution in [1.29, 1.82) is 0 Å². The maximum absolute atomic E-state index is 3.83. The van der Waals surface area contributed by atoms with Crippen molar-refractivity contribution in [2.75, 3.05) is 20.1 Å². The molecule has 0 spiro atoms. The Hall–Kier alpha value is -1.08. The van der Waals surface area contributed by atoms with E-state index in [1.54, 1.807) is 0 Å². The number of piperidine rings is 1. The van der Waals surface area contributed by atoms with Gasteiger partial charge in [-0.1, -0.05) is 6.42 Å². The van der Waals surface area contributed by atoms with Crippen molar-refractivity contribution in [3.63, 3.8) is 0 Å². The van der Waals surface area contributed by atoms with Crippen molar-refractivity contribution in [3.05, 3.63) is 14.5 Å². The fourth-order valence-corrected chi connectivity index (χ4v) is 1.46. The molecule has 1 atom stereocenters. The van der Waals surface area contributed by atoms with Gasteiger partial charge in [-0.2, -0.15) is 0 Å². The average molecular weight is 418 g/mol. The van der Waals surface area contributed by atoms with Gasteiger partial charge in [-0.3, -0.25) is 7.05 Å². The fraction of sp³-hybridized carbons (Fsp3) is 0.778. The first-order valence-corrected chi connectivity index (χ1v) is 4.04. The molecule has 1 N–H and O–H groups in total. The van der Waals surface area contributed by atoms with Gasteiger partial charge in [0.15, 0.2) is 0 Å². The molecule has 1 fully saturated rings. The summed E-state index contributed by atoms with van der Waals surface area (Å²) in [5, 5.41) is 3.47. The van der Waals surface area contributed by atoms with Crippen LogP contribution in [-0.2, 0) is 0 Å². The molecule has 0 bridgehead atoms. The number of hydrogen-bond donors (Lipinski definition) is 1. The van der Waals surface area contributed by atoms with Crippen molar-refractivity contribution in [3.8, 4) is 0 Å². The maximum atomic E-state index is 3.83. The molecule has 1 heterocycles. The zero-order valence-corrected chi connectivity index (χ0v) is 10.2. The monoisotopic (exact) mass is 418 g/mol. The second kappa shape index (κ2) is 6.62. The first-order valence-electron chi connectivity index (χ1n) is 4.04. The number of nitrogens with zero attached hydrogens (tertiary/aromatic N) is 1. The van der Waals surface area contributed by atoms with Crippen LogP contribution in [0.25, 0.3) is 0 Å². The molecule has 1 radical (unpaired) electrons. The van der Waals surface area contributed by atoms with Crippen LogP contribution in [0.1, 0.15) is 19.3 Å². The van der Waals surface area contributed by atoms with Crippen LogP contribution in [0, 0.1) is 14.5 Å². The summed E-state index contributed by atoms with van der Waals surface area (Å²) in [5.41, 5.74) is 0. The quantitative estimate of drug-likeness (QED) is 0.681. The van der Waals surface area contributed by atoms with Crippen LogP contribution in [-0.4, -0.2) is 31.1 Å². The van der Waals surface area contributed by atoms with Crippen LogP contribution in [0.2, 0.25) is 0 Å². The van der Waals surface area contributed by atoms with E-state index in [1.165, 1.54) is 25.8 Å². The van der Waals surface area contributed by atoms with Crippen molar-refractivity contribution < 1.29 is 0 Å². The van der Waals surface area contributed by atoms with E-state index in [-0.39, 0.29) is 7.43 Å². The topological polar surface area (TPSA) is 15.3 Å². The Morgan fingerprint density at radius 3 is 2.58 bits per heavy atom. The van der Waals surface area contributed by atoms with Gasteiger partial charge in [0.1, 0.15) is 0 Å². The van der Waals surface area contributed by atoms with Crippen LogP contribution in [0.15, 0.2) is 0 Å². The molecule has 1 aliphatic rings. The minimum Gasteiger partial charge on any atom is -0.461 e. The van der Waals surface area contributed by atoms with E-state index in [4.69, 9.17) is 0 Å². The third-order valence-electron chi connectivity index (χ3n) is 1.94. The molecule has 1 saturated heterocycles. The van der Waals surface area contributed by atoms with Crippen LogP contribution in [0.4, 0.5) is 0 Å². The second-order valence-electron chi connectivity index (χ2n) is 3.19. The Morgan fingerprint density at radius 2 is 2.17 bits per heavy atom. The SMILES string of the molecule is [CH2-]N(C)C[C@H]1CCCCN1.[CH3-].[Lr]. The molecule has 0 aromatic rings. The van der Waals surface area contributed by atoms with Gasteiger partial charge in [-0.05, 0) is 33.0 Å². The standard InChI is InChI=1S/C8H17N2.CH3.Lr/c1-10(2)7-8-5-3-4-6-9-8;;/h8-9H,1,3-7H2,2H3;1H3;/q2*-1;/t8-;;/m1../s1. The maximum Gasteiger partial charge on any atom is 0.0170 e. The Bertz CT molecular complexity index is 90.5. The summed E-state index contributed by atoms with van der Waals surface area (Å²) >= 11 is 0. The molecule has 0 aromatic heterocycles. The third-order valence-corrected chi connectivity index (χ3v) is 1.94. The molecule has 12 heavy (non-hydrogen) atoms. The number of hydrogen-bond acceptors (Lipinski definition) is 2. The number of likely N-dealkylation sites (N-methyl/N-ethyl adjacent to an activating group) is 1. The summed E-state index contributed by atoms with van der Waals surface area (Å²) in [6.07, 6.45) is 4.04. The molecular weight excluding hydrogens is 398 g/mol. The van der Waals surface area contributed by atoms with Gasteiger partial charge < -0.3 is 17.6 Å². The van der Waals surface area contributed by atoms with E-state index < -0.39 is 0 Å². The Kier molecular flexibility index (Phi) is 7.45. The van der Waals surface area contributed by atoms with E-state index in [0.717, 1.165) is 6.54 Å². The molecule has 0 unspecified atom stereocenters. The van der Waals surface area contributed by atoms with E-state index in [0.29, 0.717) is 6.04 Å². The Morgan fingerprint density at radius 1 is 1.50 bits per heavy atom. The third kappa shape index (κ3) is 4.69. The predicted molar refractivity (Wildman–Crippen MR) is 50.0 cm³/mol. The molecular formula is C9H20LrN2-2. The minimum atomic E-state index is 0. The smallest absolute Gasteiger partial charge is 0.0170 e. The van der Waals surface area contributed by atoms with E-state index in [9.17, 15) is 0 Å². The molecule has 1 aliphatic heterocycles. The molecule has 0 saturated carbocycles. The normalized spacial score (nSPS) is 22.8. The zero-order valence-electron chi connectivity index (χ0n) is 8.03. The van der Waals surface area contributed by atoms with Crippen LogP contribution in [0.3, 0.4) is 0 Å². The van der Waals surface area contributed by atoms with E-state index >= 15 is 0 Å². The molecule has 1 rings (SSSR count).